The molecular weight excluding hydrogens is 852 g/mol. The van der Waals surface area contributed by atoms with E-state index in [0.717, 1.165) is 70.6 Å². The highest BCUT2D eigenvalue weighted by Crippen LogP contribution is 2.43. The SMILES string of the molecule is CC/C=C\C/C=C\C/C=C\C/C=C\C/C=C\CCCCCCCCCCCCCCCCCCCCCCCC(=O)NC(COP(=O)(O)OCC[N+](C)(C)C)C(O)/C=C/CCCCCCCC. The van der Waals surface area contributed by atoms with E-state index in [4.69, 9.17) is 9.05 Å². The number of carbonyl (C=O) groups excluding carboxylic acids is 1. The molecule has 0 aromatic rings. The molecule has 0 bridgehead atoms. The molecule has 0 radical (unpaired) electrons. The first kappa shape index (κ1) is 64.9. The summed E-state index contributed by atoms with van der Waals surface area (Å²) in [4.78, 5) is 23.1. The molecule has 67 heavy (non-hydrogen) atoms. The minimum absolute atomic E-state index is 0.0608. The lowest BCUT2D eigenvalue weighted by Crippen LogP contribution is -2.45. The molecule has 3 atom stereocenters. The highest BCUT2D eigenvalue weighted by molar-refractivity contribution is 7.47. The zero-order valence-corrected chi connectivity index (χ0v) is 45.3. The summed E-state index contributed by atoms with van der Waals surface area (Å²) in [6.45, 7) is 4.66. The Bertz CT molecular complexity index is 1320. The lowest BCUT2D eigenvalue weighted by Gasteiger charge is -2.25. The van der Waals surface area contributed by atoms with E-state index in [1.807, 2.05) is 27.2 Å². The Morgan fingerprint density at radius 2 is 0.896 bits per heavy atom. The fourth-order valence-corrected chi connectivity index (χ4v) is 8.57. The first-order valence-electron chi connectivity index (χ1n) is 27.8. The van der Waals surface area contributed by atoms with Crippen molar-refractivity contribution in [3.63, 3.8) is 0 Å². The van der Waals surface area contributed by atoms with Crippen LogP contribution in [0.5, 0.6) is 0 Å². The van der Waals surface area contributed by atoms with Crippen LogP contribution in [0, 0.1) is 0 Å². The highest BCUT2D eigenvalue weighted by atomic mass is 31.2. The quantitative estimate of drug-likeness (QED) is 0.0243. The monoisotopic (exact) mass is 960 g/mol. The summed E-state index contributed by atoms with van der Waals surface area (Å²) in [5.74, 6) is -0.179. The number of quaternary nitrogens is 1. The molecule has 0 aliphatic heterocycles. The third-order valence-electron chi connectivity index (χ3n) is 12.2. The second-order valence-electron chi connectivity index (χ2n) is 19.9. The summed E-state index contributed by atoms with van der Waals surface area (Å²) in [6.07, 6.45) is 67.5. The Morgan fingerprint density at radius 3 is 1.31 bits per heavy atom. The van der Waals surface area contributed by atoms with Crippen LogP contribution in [0.1, 0.15) is 239 Å². The van der Waals surface area contributed by atoms with Crippen molar-refractivity contribution in [3.05, 3.63) is 72.9 Å². The average molecular weight is 960 g/mol. The van der Waals surface area contributed by atoms with Gasteiger partial charge in [0, 0.05) is 6.42 Å². The minimum Gasteiger partial charge on any atom is -0.387 e. The lowest BCUT2D eigenvalue weighted by atomic mass is 10.0. The number of hydrogen-bond acceptors (Lipinski definition) is 5. The molecule has 0 aliphatic carbocycles. The standard InChI is InChI=1S/C58H107N2O6P/c1-6-8-10-12-14-16-17-18-19-20-21-22-23-24-25-26-27-28-29-30-31-32-33-34-35-36-37-38-39-40-41-42-43-44-46-48-50-52-58(62)59-56(55-66-67(63,64)65-54-53-60(3,4)5)57(61)51-49-47-45-15-13-11-9-7-2/h8,10,14,16,18-19,21-22,24-25,49,51,56-57,61H,6-7,9,11-13,15,17,20,23,26-48,50,52-55H2,1-5H3,(H-,59,62,63,64)/p+1/b10-8-,16-14-,19-18-,22-21-,25-24-,51-49+. The number of likely N-dealkylation sites (N-methyl/N-ethyl adjacent to an activating group) is 1. The van der Waals surface area contributed by atoms with E-state index in [9.17, 15) is 19.4 Å². The number of aliphatic hydroxyl groups is 1. The molecule has 9 heteroatoms. The summed E-state index contributed by atoms with van der Waals surface area (Å²) in [6, 6.07) is -0.844. The molecule has 0 saturated carbocycles. The fourth-order valence-electron chi connectivity index (χ4n) is 7.83. The predicted molar refractivity (Wildman–Crippen MR) is 290 cm³/mol. The highest BCUT2D eigenvalue weighted by Gasteiger charge is 2.27. The Labute approximate surface area is 414 Å². The molecule has 1 amide bonds. The molecule has 8 nitrogen and oxygen atoms in total. The van der Waals surface area contributed by atoms with Gasteiger partial charge in [-0.1, -0.05) is 241 Å². The molecule has 3 unspecified atom stereocenters. The van der Waals surface area contributed by atoms with Crippen molar-refractivity contribution in [1.82, 2.24) is 5.32 Å². The van der Waals surface area contributed by atoms with Gasteiger partial charge >= 0.3 is 7.82 Å². The molecule has 0 spiro atoms. The van der Waals surface area contributed by atoms with Gasteiger partial charge in [-0.3, -0.25) is 13.8 Å². The fraction of sp³-hybridized carbons (Fsp3) is 0.776. The van der Waals surface area contributed by atoms with Crippen LogP contribution in [-0.2, 0) is 18.4 Å². The van der Waals surface area contributed by atoms with E-state index in [1.165, 1.54) is 148 Å². The Hall–Kier alpha value is -2.06. The number of hydrogen-bond donors (Lipinski definition) is 3. The maximum atomic E-state index is 12.9. The second kappa shape index (κ2) is 48.9. The number of phosphoric acid groups is 1. The number of nitrogens with one attached hydrogen (secondary N) is 1. The number of aliphatic hydroxyl groups excluding tert-OH is 1. The van der Waals surface area contributed by atoms with Gasteiger partial charge in [-0.05, 0) is 64.2 Å². The van der Waals surface area contributed by atoms with Crippen LogP contribution in [0.2, 0.25) is 0 Å². The Kier molecular flexibility index (Phi) is 47.4. The first-order chi connectivity index (χ1) is 32.5. The minimum atomic E-state index is -4.33. The van der Waals surface area contributed by atoms with E-state index < -0.39 is 20.0 Å². The van der Waals surface area contributed by atoms with E-state index in [-0.39, 0.29) is 19.1 Å². The number of unbranched alkanes of at least 4 members (excludes halogenated alkanes) is 27. The number of nitrogens with zero attached hydrogens (tertiary/aromatic N) is 1. The molecule has 0 fully saturated rings. The van der Waals surface area contributed by atoms with Crippen molar-refractivity contribution in [2.75, 3.05) is 40.9 Å². The second-order valence-corrected chi connectivity index (χ2v) is 21.4. The van der Waals surface area contributed by atoms with Crippen molar-refractivity contribution >= 4 is 13.7 Å². The summed E-state index contributed by atoms with van der Waals surface area (Å²) in [5, 5.41) is 13.8. The molecule has 0 aromatic heterocycles. The largest absolute Gasteiger partial charge is 0.472 e. The topological polar surface area (TPSA) is 105 Å². The summed E-state index contributed by atoms with van der Waals surface area (Å²) < 4.78 is 23.5. The average Bonchev–Trinajstić information content (AvgIpc) is 3.29. The van der Waals surface area contributed by atoms with Gasteiger partial charge in [0.25, 0.3) is 0 Å². The van der Waals surface area contributed by atoms with E-state index >= 15 is 0 Å². The van der Waals surface area contributed by atoms with Crippen LogP contribution in [0.4, 0.5) is 0 Å². The zero-order chi connectivity index (χ0) is 49.2. The molecule has 0 rings (SSSR count). The molecule has 390 valence electrons. The van der Waals surface area contributed by atoms with Gasteiger partial charge in [-0.15, -0.1) is 0 Å². The number of carbonyl (C=O) groups is 1. The number of phosphoric ester groups is 1. The lowest BCUT2D eigenvalue weighted by molar-refractivity contribution is -0.870. The smallest absolute Gasteiger partial charge is 0.387 e. The summed E-state index contributed by atoms with van der Waals surface area (Å²) in [7, 11) is 1.57. The molecule has 0 saturated heterocycles. The third-order valence-corrected chi connectivity index (χ3v) is 13.2. The third kappa shape index (κ3) is 51.6. The molecule has 0 heterocycles. The molecule has 3 N–H and O–H groups in total. The van der Waals surface area contributed by atoms with Gasteiger partial charge in [0.2, 0.25) is 5.91 Å². The van der Waals surface area contributed by atoms with Crippen molar-refractivity contribution < 1.29 is 32.9 Å². The predicted octanol–water partition coefficient (Wildman–Crippen LogP) is 16.7. The summed E-state index contributed by atoms with van der Waals surface area (Å²) >= 11 is 0. The van der Waals surface area contributed by atoms with Crippen molar-refractivity contribution in [2.24, 2.45) is 0 Å². The molecule has 0 aliphatic rings. The maximum absolute atomic E-state index is 12.9. The number of amides is 1. The van der Waals surface area contributed by atoms with E-state index in [0.29, 0.717) is 17.4 Å². The van der Waals surface area contributed by atoms with Crippen LogP contribution in [0.15, 0.2) is 72.9 Å². The van der Waals surface area contributed by atoms with Crippen LogP contribution in [-0.4, -0.2) is 73.4 Å². The maximum Gasteiger partial charge on any atom is 0.472 e. The summed E-state index contributed by atoms with van der Waals surface area (Å²) in [5.41, 5.74) is 0. The van der Waals surface area contributed by atoms with Gasteiger partial charge in [-0.2, -0.15) is 0 Å². The van der Waals surface area contributed by atoms with Crippen molar-refractivity contribution in [3.8, 4) is 0 Å². The Morgan fingerprint density at radius 1 is 0.522 bits per heavy atom. The van der Waals surface area contributed by atoms with Gasteiger partial charge in [0.1, 0.15) is 13.2 Å². The van der Waals surface area contributed by atoms with Crippen LogP contribution < -0.4 is 5.32 Å². The zero-order valence-electron chi connectivity index (χ0n) is 44.4. The van der Waals surface area contributed by atoms with Gasteiger partial charge in [0.05, 0.1) is 39.9 Å². The first-order valence-corrected chi connectivity index (χ1v) is 29.3. The van der Waals surface area contributed by atoms with Crippen LogP contribution in [0.3, 0.4) is 0 Å². The van der Waals surface area contributed by atoms with E-state index in [1.54, 1.807) is 6.08 Å². The van der Waals surface area contributed by atoms with Crippen molar-refractivity contribution in [1.29, 1.82) is 0 Å². The Balaban J connectivity index is 3.85. The molecular formula is C58H108N2O6P+. The van der Waals surface area contributed by atoms with Crippen LogP contribution >= 0.6 is 7.82 Å². The number of allylic oxidation sites excluding steroid dienone is 11. The van der Waals surface area contributed by atoms with Crippen molar-refractivity contribution in [2.45, 2.75) is 251 Å². The number of rotatable bonds is 50. The van der Waals surface area contributed by atoms with E-state index in [2.05, 4.69) is 79.9 Å². The van der Waals surface area contributed by atoms with Gasteiger partial charge in [0.15, 0.2) is 0 Å². The van der Waals surface area contributed by atoms with Gasteiger partial charge in [-0.25, -0.2) is 4.57 Å². The molecule has 0 aromatic carbocycles. The van der Waals surface area contributed by atoms with Crippen LogP contribution in [0.25, 0.3) is 0 Å². The normalized spacial score (nSPS) is 14.6. The van der Waals surface area contributed by atoms with Gasteiger partial charge < -0.3 is 19.8 Å².